The van der Waals surface area contributed by atoms with Gasteiger partial charge in [0.25, 0.3) is 0 Å². The van der Waals surface area contributed by atoms with Crippen LogP contribution in [-0.2, 0) is 0 Å². The van der Waals surface area contributed by atoms with E-state index in [1.807, 2.05) is 24.3 Å². The predicted molar refractivity (Wildman–Crippen MR) is 75.2 cm³/mol. The Bertz CT molecular complexity index is 789. The van der Waals surface area contributed by atoms with Crippen LogP contribution in [0.15, 0.2) is 42.5 Å². The Hall–Kier alpha value is -2.69. The van der Waals surface area contributed by atoms with Gasteiger partial charge in [0.2, 0.25) is 5.88 Å². The molecule has 0 fully saturated rings. The summed E-state index contributed by atoms with van der Waals surface area (Å²) in [6.07, 6.45) is 0. The summed E-state index contributed by atoms with van der Waals surface area (Å²) in [5, 5.41) is 0. The largest absolute Gasteiger partial charge is 0.435 e. The van der Waals surface area contributed by atoms with E-state index >= 15 is 0 Å². The number of rotatable bonds is 2. The zero-order valence-corrected chi connectivity index (χ0v) is 10.8. The minimum atomic E-state index is -0.406. The second kappa shape index (κ2) is 4.77. The summed E-state index contributed by atoms with van der Waals surface area (Å²) in [4.78, 5) is 8.82. The number of benzene rings is 2. The Morgan fingerprint density at radius 1 is 1.05 bits per heavy atom. The van der Waals surface area contributed by atoms with Gasteiger partial charge >= 0.3 is 0 Å². The molecule has 20 heavy (non-hydrogen) atoms. The fourth-order valence-corrected chi connectivity index (χ4v) is 1.89. The number of anilines is 1. The number of hydrogen-bond acceptors (Lipinski definition) is 4. The number of aryl methyl sites for hydroxylation is 1. The van der Waals surface area contributed by atoms with Crippen LogP contribution in [0.25, 0.3) is 11.0 Å². The van der Waals surface area contributed by atoms with Gasteiger partial charge in [-0.1, -0.05) is 12.1 Å². The molecular formula is C15H12FN3O. The van der Waals surface area contributed by atoms with Crippen molar-refractivity contribution in [3.8, 4) is 11.6 Å². The lowest BCUT2D eigenvalue weighted by atomic mass is 10.3. The van der Waals surface area contributed by atoms with Crippen LogP contribution in [0.5, 0.6) is 11.6 Å². The Labute approximate surface area is 115 Å². The lowest BCUT2D eigenvalue weighted by Gasteiger charge is -2.10. The summed E-state index contributed by atoms with van der Waals surface area (Å²) in [7, 11) is 0. The molecule has 4 nitrogen and oxygen atoms in total. The number of fused-ring (bicyclic) bond motifs is 1. The van der Waals surface area contributed by atoms with Crippen molar-refractivity contribution in [1.82, 2.24) is 9.97 Å². The van der Waals surface area contributed by atoms with E-state index in [0.717, 1.165) is 11.0 Å². The van der Waals surface area contributed by atoms with Crippen LogP contribution in [0.1, 0.15) is 5.69 Å². The Kier molecular flexibility index (Phi) is 2.95. The molecule has 0 saturated heterocycles. The molecular weight excluding hydrogens is 257 g/mol. The van der Waals surface area contributed by atoms with E-state index in [4.69, 9.17) is 10.5 Å². The number of aromatic nitrogens is 2. The molecule has 0 amide bonds. The van der Waals surface area contributed by atoms with Gasteiger partial charge in [0.1, 0.15) is 11.5 Å². The van der Waals surface area contributed by atoms with Crippen LogP contribution in [0.2, 0.25) is 0 Å². The SMILES string of the molecule is Cc1nc2ccccc2nc1Oc1ccc(F)cc1N. The normalized spacial score (nSPS) is 10.7. The van der Waals surface area contributed by atoms with Crippen LogP contribution < -0.4 is 10.5 Å². The molecule has 1 aromatic heterocycles. The topological polar surface area (TPSA) is 61.0 Å². The quantitative estimate of drug-likeness (QED) is 0.724. The van der Waals surface area contributed by atoms with Gasteiger partial charge in [-0.25, -0.2) is 14.4 Å². The fraction of sp³-hybridized carbons (Fsp3) is 0.0667. The Morgan fingerprint density at radius 2 is 1.75 bits per heavy atom. The highest BCUT2D eigenvalue weighted by Gasteiger charge is 2.09. The summed E-state index contributed by atoms with van der Waals surface area (Å²) in [6, 6.07) is 11.5. The maximum absolute atomic E-state index is 13.0. The van der Waals surface area contributed by atoms with Crippen molar-refractivity contribution in [3.05, 3.63) is 54.0 Å². The van der Waals surface area contributed by atoms with E-state index in [2.05, 4.69) is 9.97 Å². The van der Waals surface area contributed by atoms with Gasteiger partial charge < -0.3 is 10.5 Å². The number of nitrogens with zero attached hydrogens (tertiary/aromatic N) is 2. The van der Waals surface area contributed by atoms with Crippen molar-refractivity contribution >= 4 is 16.7 Å². The first-order chi connectivity index (χ1) is 9.63. The number of para-hydroxylation sites is 2. The van der Waals surface area contributed by atoms with Crippen molar-refractivity contribution in [1.29, 1.82) is 0 Å². The van der Waals surface area contributed by atoms with Crippen LogP contribution in [0.3, 0.4) is 0 Å². The van der Waals surface area contributed by atoms with Gasteiger partial charge in [0.05, 0.1) is 16.7 Å². The van der Waals surface area contributed by atoms with Crippen molar-refractivity contribution in [2.45, 2.75) is 6.92 Å². The molecule has 0 aliphatic carbocycles. The third-order valence-corrected chi connectivity index (χ3v) is 2.88. The van der Waals surface area contributed by atoms with Crippen LogP contribution >= 0.6 is 0 Å². The molecule has 1 heterocycles. The average molecular weight is 269 g/mol. The molecule has 0 radical (unpaired) electrons. The first kappa shape index (κ1) is 12.3. The van der Waals surface area contributed by atoms with Crippen LogP contribution in [0, 0.1) is 12.7 Å². The molecule has 0 saturated carbocycles. The van der Waals surface area contributed by atoms with E-state index in [9.17, 15) is 4.39 Å². The molecule has 2 N–H and O–H groups in total. The summed E-state index contributed by atoms with van der Waals surface area (Å²) in [6.45, 7) is 1.80. The molecule has 0 aliphatic rings. The van der Waals surface area contributed by atoms with Crippen LogP contribution in [-0.4, -0.2) is 9.97 Å². The highest BCUT2D eigenvalue weighted by atomic mass is 19.1. The fourth-order valence-electron chi connectivity index (χ4n) is 1.89. The van der Waals surface area contributed by atoms with Crippen molar-refractivity contribution in [2.75, 3.05) is 5.73 Å². The van der Waals surface area contributed by atoms with E-state index in [1.54, 1.807) is 6.92 Å². The molecule has 5 heteroatoms. The Morgan fingerprint density at radius 3 is 2.45 bits per heavy atom. The third kappa shape index (κ3) is 2.25. The van der Waals surface area contributed by atoms with Gasteiger partial charge in [-0.15, -0.1) is 0 Å². The van der Waals surface area contributed by atoms with Gasteiger partial charge in [-0.3, -0.25) is 0 Å². The molecule has 100 valence electrons. The number of hydrogen-bond donors (Lipinski definition) is 1. The van der Waals surface area contributed by atoms with E-state index in [0.29, 0.717) is 17.3 Å². The van der Waals surface area contributed by atoms with Crippen molar-refractivity contribution in [2.24, 2.45) is 0 Å². The van der Waals surface area contributed by atoms with Gasteiger partial charge in [-0.05, 0) is 31.2 Å². The number of nitrogens with two attached hydrogens (primary N) is 1. The first-order valence-electron chi connectivity index (χ1n) is 6.10. The standard InChI is InChI=1S/C15H12FN3O/c1-9-15(19-13-5-3-2-4-12(13)18-9)20-14-7-6-10(16)8-11(14)17/h2-8H,17H2,1H3. The molecule has 0 spiro atoms. The molecule has 3 rings (SSSR count). The van der Waals surface area contributed by atoms with E-state index in [1.165, 1.54) is 18.2 Å². The minimum Gasteiger partial charge on any atom is -0.435 e. The monoisotopic (exact) mass is 269 g/mol. The minimum absolute atomic E-state index is 0.222. The van der Waals surface area contributed by atoms with Gasteiger partial charge in [0.15, 0.2) is 5.75 Å². The first-order valence-corrected chi connectivity index (χ1v) is 6.10. The highest BCUT2D eigenvalue weighted by molar-refractivity contribution is 5.74. The molecule has 0 unspecified atom stereocenters. The van der Waals surface area contributed by atoms with Crippen molar-refractivity contribution < 1.29 is 9.13 Å². The molecule has 0 bridgehead atoms. The summed E-state index contributed by atoms with van der Waals surface area (Å²) in [5.41, 5.74) is 8.11. The lowest BCUT2D eigenvalue weighted by molar-refractivity contribution is 0.459. The number of ether oxygens (including phenoxy) is 1. The third-order valence-electron chi connectivity index (χ3n) is 2.88. The lowest BCUT2D eigenvalue weighted by Crippen LogP contribution is -1.98. The number of halogens is 1. The van der Waals surface area contributed by atoms with Gasteiger partial charge in [0, 0.05) is 6.07 Å². The zero-order chi connectivity index (χ0) is 14.1. The number of nitrogen functional groups attached to an aromatic ring is 1. The summed E-state index contributed by atoms with van der Waals surface area (Å²) < 4.78 is 18.6. The maximum Gasteiger partial charge on any atom is 0.241 e. The average Bonchev–Trinajstić information content (AvgIpc) is 2.42. The predicted octanol–water partition coefficient (Wildman–Crippen LogP) is 3.45. The molecule has 0 atom stereocenters. The van der Waals surface area contributed by atoms with Crippen molar-refractivity contribution in [3.63, 3.8) is 0 Å². The summed E-state index contributed by atoms with van der Waals surface area (Å²) >= 11 is 0. The second-order valence-corrected chi connectivity index (χ2v) is 4.39. The highest BCUT2D eigenvalue weighted by Crippen LogP contribution is 2.29. The zero-order valence-electron chi connectivity index (χ0n) is 10.8. The van der Waals surface area contributed by atoms with Crippen LogP contribution in [0.4, 0.5) is 10.1 Å². The molecule has 0 aliphatic heterocycles. The summed E-state index contributed by atoms with van der Waals surface area (Å²) in [5.74, 6) is 0.317. The van der Waals surface area contributed by atoms with Gasteiger partial charge in [-0.2, -0.15) is 0 Å². The molecule has 3 aromatic rings. The maximum atomic E-state index is 13.0. The van der Waals surface area contributed by atoms with E-state index < -0.39 is 5.82 Å². The second-order valence-electron chi connectivity index (χ2n) is 4.39. The van der Waals surface area contributed by atoms with E-state index in [-0.39, 0.29) is 5.69 Å². The Balaban J connectivity index is 2.03. The molecule has 2 aromatic carbocycles. The smallest absolute Gasteiger partial charge is 0.241 e.